The molecule has 0 aliphatic heterocycles. The first-order valence-electron chi connectivity index (χ1n) is 7.52. The quantitative estimate of drug-likeness (QED) is 0.300. The molecule has 1 aromatic carbocycles. The standard InChI is InChI=1S/C16H21N5O3/c1-3-23-8-9-24-12-6-4-11(5-7-12)14-13(15(22)21-18)10(2)19-16(17)20-14/h4-7H,3,8-9,18H2,1-2H3,(H,21,22)(H2,17,19,20). The first-order valence-corrected chi connectivity index (χ1v) is 7.52. The Labute approximate surface area is 140 Å². The number of amides is 1. The zero-order valence-electron chi connectivity index (χ0n) is 13.7. The molecule has 0 fully saturated rings. The molecule has 0 bridgehead atoms. The predicted octanol–water partition coefficient (Wildman–Crippen LogP) is 1.05. The van der Waals surface area contributed by atoms with Gasteiger partial charge in [0.25, 0.3) is 5.91 Å². The number of nitrogens with zero attached hydrogens (tertiary/aromatic N) is 2. The summed E-state index contributed by atoms with van der Waals surface area (Å²) in [5, 5.41) is 0. The monoisotopic (exact) mass is 331 g/mol. The number of nitrogens with two attached hydrogens (primary N) is 2. The highest BCUT2D eigenvalue weighted by molar-refractivity contribution is 6.00. The molecule has 8 heteroatoms. The fourth-order valence-electron chi connectivity index (χ4n) is 2.22. The van der Waals surface area contributed by atoms with Crippen molar-refractivity contribution in [2.24, 2.45) is 5.84 Å². The molecule has 2 rings (SSSR count). The Balaban J connectivity index is 2.26. The number of nitrogens with one attached hydrogen (secondary N) is 1. The molecule has 0 spiro atoms. The summed E-state index contributed by atoms with van der Waals surface area (Å²) in [4.78, 5) is 20.2. The van der Waals surface area contributed by atoms with Crippen molar-refractivity contribution in [3.05, 3.63) is 35.5 Å². The number of hydrogen-bond acceptors (Lipinski definition) is 7. The Morgan fingerprint density at radius 3 is 2.54 bits per heavy atom. The van der Waals surface area contributed by atoms with Crippen LogP contribution in [0.2, 0.25) is 0 Å². The van der Waals surface area contributed by atoms with E-state index in [1.807, 2.05) is 6.92 Å². The Morgan fingerprint density at radius 1 is 1.21 bits per heavy atom. The number of nitrogen functional groups attached to an aromatic ring is 2. The molecule has 0 aliphatic rings. The highest BCUT2D eigenvalue weighted by Crippen LogP contribution is 2.26. The minimum absolute atomic E-state index is 0.0908. The highest BCUT2D eigenvalue weighted by Gasteiger charge is 2.18. The number of ether oxygens (including phenoxy) is 2. The van der Waals surface area contributed by atoms with E-state index in [0.717, 1.165) is 0 Å². The molecule has 1 heterocycles. The number of aromatic nitrogens is 2. The van der Waals surface area contributed by atoms with E-state index in [-0.39, 0.29) is 11.5 Å². The zero-order chi connectivity index (χ0) is 17.5. The van der Waals surface area contributed by atoms with Crippen LogP contribution in [0.1, 0.15) is 23.0 Å². The van der Waals surface area contributed by atoms with E-state index in [1.54, 1.807) is 31.2 Å². The summed E-state index contributed by atoms with van der Waals surface area (Å²) in [6, 6.07) is 7.17. The number of carbonyl (C=O) groups is 1. The van der Waals surface area contributed by atoms with E-state index in [1.165, 1.54) is 0 Å². The maximum atomic E-state index is 12.0. The average Bonchev–Trinajstić information content (AvgIpc) is 2.58. The van der Waals surface area contributed by atoms with Crippen molar-refractivity contribution in [2.75, 3.05) is 25.6 Å². The van der Waals surface area contributed by atoms with Gasteiger partial charge in [0, 0.05) is 12.2 Å². The van der Waals surface area contributed by atoms with Crippen molar-refractivity contribution in [1.82, 2.24) is 15.4 Å². The lowest BCUT2D eigenvalue weighted by Crippen LogP contribution is -2.31. The van der Waals surface area contributed by atoms with E-state index >= 15 is 0 Å². The summed E-state index contributed by atoms with van der Waals surface area (Å²) in [6.45, 7) is 5.26. The van der Waals surface area contributed by atoms with Crippen LogP contribution in [0.5, 0.6) is 5.75 Å². The number of hydrazine groups is 1. The van der Waals surface area contributed by atoms with Crippen molar-refractivity contribution in [1.29, 1.82) is 0 Å². The third kappa shape index (κ3) is 4.18. The second kappa shape index (κ2) is 8.23. The van der Waals surface area contributed by atoms with E-state index in [4.69, 9.17) is 21.1 Å². The van der Waals surface area contributed by atoms with Crippen LogP contribution in [0, 0.1) is 6.92 Å². The number of benzene rings is 1. The van der Waals surface area contributed by atoms with Crippen molar-refractivity contribution >= 4 is 11.9 Å². The van der Waals surface area contributed by atoms with Crippen LogP contribution < -0.4 is 21.7 Å². The van der Waals surface area contributed by atoms with E-state index in [2.05, 4.69) is 15.4 Å². The van der Waals surface area contributed by atoms with Crippen LogP contribution in [0.25, 0.3) is 11.3 Å². The largest absolute Gasteiger partial charge is 0.491 e. The van der Waals surface area contributed by atoms with Gasteiger partial charge in [-0.05, 0) is 38.1 Å². The van der Waals surface area contributed by atoms with Crippen LogP contribution in [-0.2, 0) is 4.74 Å². The molecule has 0 atom stereocenters. The number of anilines is 1. The minimum atomic E-state index is -0.473. The molecular formula is C16H21N5O3. The molecule has 2 aromatic rings. The molecule has 1 aromatic heterocycles. The molecule has 1 amide bonds. The molecule has 0 saturated carbocycles. The van der Waals surface area contributed by atoms with Gasteiger partial charge in [-0.25, -0.2) is 15.8 Å². The van der Waals surface area contributed by atoms with Gasteiger partial charge in [0.1, 0.15) is 12.4 Å². The highest BCUT2D eigenvalue weighted by atomic mass is 16.5. The molecule has 0 unspecified atom stereocenters. The first kappa shape index (κ1) is 17.6. The summed E-state index contributed by atoms with van der Waals surface area (Å²) < 4.78 is 10.8. The number of rotatable bonds is 7. The number of aryl methyl sites for hydroxylation is 1. The molecule has 0 aliphatic carbocycles. The SMILES string of the molecule is CCOCCOc1ccc(-c2nc(N)nc(C)c2C(=O)NN)cc1. The van der Waals surface area contributed by atoms with Crippen LogP contribution in [0.3, 0.4) is 0 Å². The normalized spacial score (nSPS) is 10.5. The average molecular weight is 331 g/mol. The van der Waals surface area contributed by atoms with E-state index < -0.39 is 5.91 Å². The van der Waals surface area contributed by atoms with Gasteiger partial charge in [-0.1, -0.05) is 0 Å². The zero-order valence-corrected chi connectivity index (χ0v) is 13.7. The second-order valence-electron chi connectivity index (χ2n) is 4.93. The lowest BCUT2D eigenvalue weighted by atomic mass is 10.0. The number of carbonyl (C=O) groups excluding carboxylic acids is 1. The van der Waals surface area contributed by atoms with Gasteiger partial charge in [-0.15, -0.1) is 0 Å². The second-order valence-corrected chi connectivity index (χ2v) is 4.93. The summed E-state index contributed by atoms with van der Waals surface area (Å²) in [5.74, 6) is 5.56. The fraction of sp³-hybridized carbons (Fsp3) is 0.312. The molecule has 128 valence electrons. The van der Waals surface area contributed by atoms with Crippen molar-refractivity contribution < 1.29 is 14.3 Å². The third-order valence-corrected chi connectivity index (χ3v) is 3.29. The van der Waals surface area contributed by atoms with Crippen LogP contribution in [-0.4, -0.2) is 35.7 Å². The Hall–Kier alpha value is -2.71. The molecule has 8 nitrogen and oxygen atoms in total. The van der Waals surface area contributed by atoms with Crippen molar-refractivity contribution in [3.63, 3.8) is 0 Å². The van der Waals surface area contributed by atoms with Gasteiger partial charge < -0.3 is 15.2 Å². The maximum Gasteiger partial charge on any atom is 0.269 e. The maximum absolute atomic E-state index is 12.0. The van der Waals surface area contributed by atoms with Gasteiger partial charge in [-0.3, -0.25) is 10.2 Å². The smallest absolute Gasteiger partial charge is 0.269 e. The van der Waals surface area contributed by atoms with Gasteiger partial charge in [-0.2, -0.15) is 0 Å². The molecule has 24 heavy (non-hydrogen) atoms. The lowest BCUT2D eigenvalue weighted by molar-refractivity contribution is 0.0953. The van der Waals surface area contributed by atoms with Crippen LogP contribution in [0.4, 0.5) is 5.95 Å². The summed E-state index contributed by atoms with van der Waals surface area (Å²) in [5.41, 5.74) is 9.69. The Kier molecular flexibility index (Phi) is 6.05. The van der Waals surface area contributed by atoms with Gasteiger partial charge in [0.15, 0.2) is 0 Å². The van der Waals surface area contributed by atoms with Crippen molar-refractivity contribution in [3.8, 4) is 17.0 Å². The van der Waals surface area contributed by atoms with Crippen LogP contribution >= 0.6 is 0 Å². The minimum Gasteiger partial charge on any atom is -0.491 e. The van der Waals surface area contributed by atoms with Gasteiger partial charge in [0.2, 0.25) is 5.95 Å². The van der Waals surface area contributed by atoms with Gasteiger partial charge >= 0.3 is 0 Å². The van der Waals surface area contributed by atoms with E-state index in [0.29, 0.717) is 42.5 Å². The summed E-state index contributed by atoms with van der Waals surface area (Å²) in [7, 11) is 0. The third-order valence-electron chi connectivity index (χ3n) is 3.29. The molecule has 0 saturated heterocycles. The lowest BCUT2D eigenvalue weighted by Gasteiger charge is -2.12. The molecular weight excluding hydrogens is 310 g/mol. The van der Waals surface area contributed by atoms with Gasteiger partial charge in [0.05, 0.1) is 23.6 Å². The molecule has 5 N–H and O–H groups in total. The van der Waals surface area contributed by atoms with Crippen LogP contribution in [0.15, 0.2) is 24.3 Å². The topological polar surface area (TPSA) is 125 Å². The number of hydrogen-bond donors (Lipinski definition) is 3. The Morgan fingerprint density at radius 2 is 1.92 bits per heavy atom. The Bertz CT molecular complexity index is 704. The first-order chi connectivity index (χ1) is 11.6. The summed E-state index contributed by atoms with van der Waals surface area (Å²) in [6.07, 6.45) is 0. The predicted molar refractivity (Wildman–Crippen MR) is 90.3 cm³/mol. The summed E-state index contributed by atoms with van der Waals surface area (Å²) >= 11 is 0. The van der Waals surface area contributed by atoms with Crippen molar-refractivity contribution in [2.45, 2.75) is 13.8 Å². The fourth-order valence-corrected chi connectivity index (χ4v) is 2.22. The van der Waals surface area contributed by atoms with E-state index in [9.17, 15) is 4.79 Å². The molecule has 0 radical (unpaired) electrons.